The van der Waals surface area contributed by atoms with Crippen LogP contribution in [0.2, 0.25) is 0 Å². The number of H-pyrrole nitrogens is 1. The van der Waals surface area contributed by atoms with Gasteiger partial charge in [-0.05, 0) is 18.8 Å². The van der Waals surface area contributed by atoms with Crippen LogP contribution in [0.3, 0.4) is 0 Å². The summed E-state index contributed by atoms with van der Waals surface area (Å²) in [6.07, 6.45) is 6.64. The third kappa shape index (κ3) is 2.12. The minimum atomic E-state index is 0. The van der Waals surface area contributed by atoms with Gasteiger partial charge in [0.1, 0.15) is 0 Å². The molecule has 1 heterocycles. The van der Waals surface area contributed by atoms with Crippen molar-refractivity contribution >= 4 is 5.82 Å². The first-order valence-electron chi connectivity index (χ1n) is 3.67. The van der Waals surface area contributed by atoms with E-state index in [1.54, 1.807) is 0 Å². The Morgan fingerprint density at radius 1 is 1.64 bits per heavy atom. The van der Waals surface area contributed by atoms with Crippen LogP contribution < -0.4 is 22.7 Å². The van der Waals surface area contributed by atoms with E-state index in [-0.39, 0.29) is 12.4 Å². The van der Waals surface area contributed by atoms with E-state index < -0.39 is 0 Å². The second-order valence-corrected chi connectivity index (χ2v) is 3.00. The summed E-state index contributed by atoms with van der Waals surface area (Å²) in [4.78, 5) is 2.94. The Hall–Kier alpha value is -0.700. The fraction of sp³-hybridized carbons (Fsp3) is 0.571. The molecule has 0 amide bonds. The molecule has 1 fully saturated rings. The molecule has 2 rings (SSSR count). The van der Waals surface area contributed by atoms with E-state index in [9.17, 15) is 0 Å². The van der Waals surface area contributed by atoms with Gasteiger partial charge in [0.25, 0.3) is 0 Å². The highest BCUT2D eigenvalue weighted by molar-refractivity contribution is 5.18. The van der Waals surface area contributed by atoms with Gasteiger partial charge in [0.05, 0.1) is 6.54 Å². The van der Waals surface area contributed by atoms with E-state index in [4.69, 9.17) is 5.73 Å². The van der Waals surface area contributed by atoms with Gasteiger partial charge in [-0.25, -0.2) is 9.55 Å². The average Bonchev–Trinajstić information content (AvgIpc) is 2.59. The molecule has 1 aliphatic carbocycles. The Morgan fingerprint density at radius 2 is 2.36 bits per heavy atom. The molecule has 62 valence electrons. The van der Waals surface area contributed by atoms with Crippen LogP contribution in [0.25, 0.3) is 0 Å². The van der Waals surface area contributed by atoms with Crippen molar-refractivity contribution in [3.63, 3.8) is 0 Å². The Bertz CT molecular complexity index is 229. The zero-order valence-electron chi connectivity index (χ0n) is 6.26. The molecule has 0 bridgehead atoms. The second-order valence-electron chi connectivity index (χ2n) is 3.00. The minimum absolute atomic E-state index is 0. The van der Waals surface area contributed by atoms with E-state index >= 15 is 0 Å². The first kappa shape index (κ1) is 8.40. The van der Waals surface area contributed by atoms with Gasteiger partial charge in [0.2, 0.25) is 12.1 Å². The van der Waals surface area contributed by atoms with E-state index in [0.717, 1.165) is 18.3 Å². The second kappa shape index (κ2) is 3.13. The van der Waals surface area contributed by atoms with Gasteiger partial charge in [0, 0.05) is 0 Å². The summed E-state index contributed by atoms with van der Waals surface area (Å²) >= 11 is 0. The molecular formula is C7H12ClN3. The van der Waals surface area contributed by atoms with Crippen LogP contribution in [0.1, 0.15) is 12.8 Å². The van der Waals surface area contributed by atoms with Gasteiger partial charge in [-0.15, -0.1) is 0 Å². The van der Waals surface area contributed by atoms with Gasteiger partial charge in [0.15, 0.2) is 6.20 Å². The lowest BCUT2D eigenvalue weighted by Gasteiger charge is -1.88. The largest absolute Gasteiger partial charge is 1.00 e. The van der Waals surface area contributed by atoms with Crippen LogP contribution >= 0.6 is 0 Å². The van der Waals surface area contributed by atoms with E-state index in [2.05, 4.69) is 9.55 Å². The normalized spacial score (nSPS) is 16.0. The maximum Gasteiger partial charge on any atom is 0.243 e. The van der Waals surface area contributed by atoms with Crippen LogP contribution in [-0.4, -0.2) is 4.98 Å². The summed E-state index contributed by atoms with van der Waals surface area (Å²) in [7, 11) is 0. The van der Waals surface area contributed by atoms with Crippen molar-refractivity contribution in [3.8, 4) is 0 Å². The summed E-state index contributed by atoms with van der Waals surface area (Å²) < 4.78 is 2.12. The highest BCUT2D eigenvalue weighted by Gasteiger charge is 2.24. The minimum Gasteiger partial charge on any atom is -1.00 e. The highest BCUT2D eigenvalue weighted by atomic mass is 35.5. The Kier molecular flexibility index (Phi) is 2.39. The highest BCUT2D eigenvalue weighted by Crippen LogP contribution is 2.28. The number of hydrogen-bond acceptors (Lipinski definition) is 1. The van der Waals surface area contributed by atoms with Crippen LogP contribution in [-0.2, 0) is 6.54 Å². The van der Waals surface area contributed by atoms with Gasteiger partial charge < -0.3 is 18.1 Å². The van der Waals surface area contributed by atoms with E-state index in [1.807, 2.05) is 12.5 Å². The fourth-order valence-corrected chi connectivity index (χ4v) is 1.11. The molecule has 1 aromatic heterocycles. The third-order valence-electron chi connectivity index (χ3n) is 1.87. The summed E-state index contributed by atoms with van der Waals surface area (Å²) in [5, 5.41) is 0. The fourth-order valence-electron chi connectivity index (χ4n) is 1.11. The molecule has 0 radical (unpaired) electrons. The average molecular weight is 174 g/mol. The zero-order valence-corrected chi connectivity index (χ0v) is 7.01. The molecule has 0 aromatic carbocycles. The Labute approximate surface area is 72.0 Å². The quantitative estimate of drug-likeness (QED) is 0.470. The van der Waals surface area contributed by atoms with Crippen LogP contribution in [0.15, 0.2) is 12.5 Å². The van der Waals surface area contributed by atoms with Crippen LogP contribution in [0.4, 0.5) is 5.82 Å². The predicted molar refractivity (Wildman–Crippen MR) is 38.1 cm³/mol. The predicted octanol–water partition coefficient (Wildman–Crippen LogP) is -2.70. The van der Waals surface area contributed by atoms with Gasteiger partial charge in [-0.2, -0.15) is 0 Å². The molecule has 1 aliphatic rings. The maximum atomic E-state index is 5.50. The standard InChI is InChI=1S/C7H11N3.ClH/c8-7-4-10(5-9-7)3-6-1-2-6;/h4-6H,1-3,8H2;1H. The van der Waals surface area contributed by atoms with Crippen molar-refractivity contribution in [2.45, 2.75) is 19.4 Å². The molecule has 0 spiro atoms. The summed E-state index contributed by atoms with van der Waals surface area (Å²) in [5.74, 6) is 1.67. The molecular weight excluding hydrogens is 162 g/mol. The number of aromatic amines is 1. The lowest BCUT2D eigenvalue weighted by molar-refractivity contribution is -0.698. The topological polar surface area (TPSA) is 45.7 Å². The Balaban J connectivity index is 0.000000605. The molecule has 0 aliphatic heterocycles. The summed E-state index contributed by atoms with van der Waals surface area (Å²) in [5.41, 5.74) is 5.50. The maximum absolute atomic E-state index is 5.50. The van der Waals surface area contributed by atoms with Crippen LogP contribution in [0.5, 0.6) is 0 Å². The van der Waals surface area contributed by atoms with Crippen molar-refractivity contribution < 1.29 is 17.0 Å². The van der Waals surface area contributed by atoms with Crippen molar-refractivity contribution in [2.24, 2.45) is 5.92 Å². The first-order chi connectivity index (χ1) is 4.84. The number of aromatic nitrogens is 2. The number of anilines is 1. The molecule has 1 aromatic rings. The number of imidazole rings is 1. The van der Waals surface area contributed by atoms with Crippen molar-refractivity contribution in [3.05, 3.63) is 12.5 Å². The molecule has 4 heteroatoms. The lowest BCUT2D eigenvalue weighted by Crippen LogP contribution is -3.00. The number of nitrogens with one attached hydrogen (secondary N) is 1. The third-order valence-corrected chi connectivity index (χ3v) is 1.87. The number of hydrogen-bond donors (Lipinski definition) is 2. The van der Waals surface area contributed by atoms with Crippen molar-refractivity contribution in [1.82, 2.24) is 4.98 Å². The molecule has 3 nitrogen and oxygen atoms in total. The first-order valence-corrected chi connectivity index (χ1v) is 3.67. The van der Waals surface area contributed by atoms with E-state index in [0.29, 0.717) is 0 Å². The Morgan fingerprint density at radius 3 is 2.82 bits per heavy atom. The molecule has 0 atom stereocenters. The lowest BCUT2D eigenvalue weighted by atomic mass is 10.4. The number of nitrogens with two attached hydrogens (primary N) is 1. The van der Waals surface area contributed by atoms with Crippen molar-refractivity contribution in [2.75, 3.05) is 5.73 Å². The zero-order chi connectivity index (χ0) is 6.97. The molecule has 0 unspecified atom stereocenters. The summed E-state index contributed by atoms with van der Waals surface area (Å²) in [6, 6.07) is 0. The van der Waals surface area contributed by atoms with Crippen LogP contribution in [0, 0.1) is 5.92 Å². The van der Waals surface area contributed by atoms with Gasteiger partial charge in [-0.1, -0.05) is 0 Å². The molecule has 11 heavy (non-hydrogen) atoms. The molecule has 3 N–H and O–H groups in total. The SMILES string of the molecule is Nc1c[n+](CC2CC2)c[nH]1.[Cl-]. The van der Waals surface area contributed by atoms with E-state index in [1.165, 1.54) is 12.8 Å². The van der Waals surface area contributed by atoms with Gasteiger partial charge >= 0.3 is 0 Å². The van der Waals surface area contributed by atoms with Gasteiger partial charge in [-0.3, -0.25) is 0 Å². The summed E-state index contributed by atoms with van der Waals surface area (Å²) in [6.45, 7) is 1.13. The number of nitrogen functional groups attached to an aromatic ring is 1. The number of rotatable bonds is 2. The number of halogens is 1. The molecule has 0 saturated heterocycles. The smallest absolute Gasteiger partial charge is 0.243 e. The number of nitrogens with zero attached hydrogens (tertiary/aromatic N) is 1. The van der Waals surface area contributed by atoms with Crippen molar-refractivity contribution in [1.29, 1.82) is 0 Å². The molecule has 1 saturated carbocycles. The monoisotopic (exact) mass is 173 g/mol.